The van der Waals surface area contributed by atoms with Crippen LogP contribution in [0.25, 0.3) is 0 Å². The molecule has 0 radical (unpaired) electrons. The third-order valence-corrected chi connectivity index (χ3v) is 2.23. The minimum atomic E-state index is -0.494. The highest BCUT2D eigenvalue weighted by atomic mass is 16.7. The molecule has 2 heterocycles. The minimum absolute atomic E-state index is 0.0498. The van der Waals surface area contributed by atoms with Crippen molar-refractivity contribution in [3.05, 3.63) is 0 Å². The molecule has 0 aliphatic carbocycles. The number of fused-ring (bicyclic) bond motifs is 1. The van der Waals surface area contributed by atoms with E-state index in [2.05, 4.69) is 0 Å². The van der Waals surface area contributed by atoms with Gasteiger partial charge in [-0.2, -0.15) is 0 Å². The first-order valence-electron chi connectivity index (χ1n) is 3.76. The highest BCUT2D eigenvalue weighted by Gasteiger charge is 2.56. The second-order valence-electron chi connectivity index (χ2n) is 3.00. The van der Waals surface area contributed by atoms with Gasteiger partial charge in [0.1, 0.15) is 18.3 Å². The molecule has 0 unspecified atom stereocenters. The van der Waals surface area contributed by atoms with Crippen LogP contribution in [0, 0.1) is 0 Å². The van der Waals surface area contributed by atoms with Crippen LogP contribution in [-0.2, 0) is 14.2 Å². The Bertz CT molecular complexity index is 157. The first kappa shape index (κ1) is 7.49. The van der Waals surface area contributed by atoms with Gasteiger partial charge in [0.25, 0.3) is 0 Å². The molecular weight excluding hydrogens is 148 g/mol. The lowest BCUT2D eigenvalue weighted by Gasteiger charge is -2.27. The van der Waals surface area contributed by atoms with Crippen LogP contribution >= 0.6 is 0 Å². The summed E-state index contributed by atoms with van der Waals surface area (Å²) in [5, 5.41) is 9.40. The van der Waals surface area contributed by atoms with Crippen molar-refractivity contribution in [2.75, 3.05) is 7.11 Å². The van der Waals surface area contributed by atoms with E-state index in [0.29, 0.717) is 0 Å². The van der Waals surface area contributed by atoms with Gasteiger partial charge in [-0.05, 0) is 6.92 Å². The van der Waals surface area contributed by atoms with Gasteiger partial charge in [0, 0.05) is 7.11 Å². The molecule has 0 amide bonds. The molecule has 2 fully saturated rings. The number of aliphatic hydroxyl groups excluding tert-OH is 1. The van der Waals surface area contributed by atoms with Crippen LogP contribution < -0.4 is 0 Å². The first-order chi connectivity index (χ1) is 5.24. The van der Waals surface area contributed by atoms with Crippen molar-refractivity contribution in [2.45, 2.75) is 37.6 Å². The Morgan fingerprint density at radius 1 is 1.27 bits per heavy atom. The largest absolute Gasteiger partial charge is 0.388 e. The lowest BCUT2D eigenvalue weighted by Crippen LogP contribution is -2.43. The van der Waals surface area contributed by atoms with Crippen LogP contribution in [-0.4, -0.2) is 42.9 Å². The zero-order valence-electron chi connectivity index (χ0n) is 6.56. The normalized spacial score (nSPS) is 55.4. The van der Waals surface area contributed by atoms with Crippen molar-refractivity contribution in [2.24, 2.45) is 0 Å². The molecule has 2 saturated heterocycles. The van der Waals surface area contributed by atoms with Crippen molar-refractivity contribution in [3.8, 4) is 0 Å². The highest BCUT2D eigenvalue weighted by molar-refractivity contribution is 4.99. The van der Waals surface area contributed by atoms with Gasteiger partial charge in [-0.1, -0.05) is 0 Å². The smallest absolute Gasteiger partial charge is 0.186 e. The fraction of sp³-hybridized carbons (Fsp3) is 1.00. The summed E-state index contributed by atoms with van der Waals surface area (Å²) in [6.07, 6.45) is -1.09. The van der Waals surface area contributed by atoms with Crippen molar-refractivity contribution < 1.29 is 19.3 Å². The molecule has 4 heteroatoms. The summed E-state index contributed by atoms with van der Waals surface area (Å²) in [7, 11) is 1.58. The Balaban J connectivity index is 2.02. The van der Waals surface area contributed by atoms with E-state index in [-0.39, 0.29) is 24.6 Å². The van der Waals surface area contributed by atoms with Crippen molar-refractivity contribution in [1.82, 2.24) is 0 Å². The summed E-state index contributed by atoms with van der Waals surface area (Å²) in [6.45, 7) is 1.81. The second kappa shape index (κ2) is 2.42. The maximum atomic E-state index is 9.40. The van der Waals surface area contributed by atoms with Crippen LogP contribution in [0.15, 0.2) is 0 Å². The van der Waals surface area contributed by atoms with E-state index in [0.717, 1.165) is 0 Å². The van der Waals surface area contributed by atoms with Crippen molar-refractivity contribution >= 4 is 0 Å². The topological polar surface area (TPSA) is 51.2 Å². The molecule has 4 nitrogen and oxygen atoms in total. The number of methoxy groups -OCH3 is 1. The Labute approximate surface area is 65.1 Å². The average molecular weight is 160 g/mol. The highest BCUT2D eigenvalue weighted by Crippen LogP contribution is 2.37. The number of epoxide rings is 1. The third kappa shape index (κ3) is 1.06. The van der Waals surface area contributed by atoms with Gasteiger partial charge in [0.15, 0.2) is 6.29 Å². The van der Waals surface area contributed by atoms with Crippen molar-refractivity contribution in [1.29, 1.82) is 0 Å². The van der Waals surface area contributed by atoms with Crippen LogP contribution in [0.3, 0.4) is 0 Å². The Kier molecular flexibility index (Phi) is 1.64. The molecule has 11 heavy (non-hydrogen) atoms. The second-order valence-corrected chi connectivity index (χ2v) is 3.00. The van der Waals surface area contributed by atoms with Crippen LogP contribution in [0.1, 0.15) is 6.92 Å². The lowest BCUT2D eigenvalue weighted by molar-refractivity contribution is -0.193. The molecule has 64 valence electrons. The molecule has 0 aromatic rings. The zero-order valence-corrected chi connectivity index (χ0v) is 6.56. The van der Waals surface area contributed by atoms with Crippen LogP contribution in [0.2, 0.25) is 0 Å². The van der Waals surface area contributed by atoms with Gasteiger partial charge in [0.2, 0.25) is 0 Å². The summed E-state index contributed by atoms with van der Waals surface area (Å²) in [4.78, 5) is 0. The molecule has 0 aromatic carbocycles. The van der Waals surface area contributed by atoms with E-state index in [4.69, 9.17) is 14.2 Å². The SMILES string of the molecule is CO[C@H]1O[C@H](C)[C@@H](O)[C@H]2O[C@@H]12. The van der Waals surface area contributed by atoms with E-state index in [9.17, 15) is 5.11 Å². The molecule has 2 aliphatic rings. The number of hydrogen-bond donors (Lipinski definition) is 1. The summed E-state index contributed by atoms with van der Waals surface area (Å²) >= 11 is 0. The Morgan fingerprint density at radius 3 is 2.64 bits per heavy atom. The Morgan fingerprint density at radius 2 is 2.00 bits per heavy atom. The molecule has 1 N–H and O–H groups in total. The van der Waals surface area contributed by atoms with Gasteiger partial charge >= 0.3 is 0 Å². The molecule has 0 bridgehead atoms. The molecule has 0 spiro atoms. The zero-order chi connectivity index (χ0) is 8.01. The maximum absolute atomic E-state index is 9.40. The van der Waals surface area contributed by atoms with Gasteiger partial charge < -0.3 is 19.3 Å². The summed E-state index contributed by atoms with van der Waals surface area (Å²) < 4.78 is 15.5. The minimum Gasteiger partial charge on any atom is -0.388 e. The van der Waals surface area contributed by atoms with E-state index in [1.165, 1.54) is 0 Å². The van der Waals surface area contributed by atoms with Gasteiger partial charge in [-0.15, -0.1) is 0 Å². The summed E-state index contributed by atoms with van der Waals surface area (Å²) in [5.41, 5.74) is 0. The number of aliphatic hydroxyl groups is 1. The van der Waals surface area contributed by atoms with Crippen molar-refractivity contribution in [3.63, 3.8) is 0 Å². The maximum Gasteiger partial charge on any atom is 0.186 e. The van der Waals surface area contributed by atoms with Gasteiger partial charge in [-0.25, -0.2) is 0 Å². The number of hydrogen-bond acceptors (Lipinski definition) is 4. The summed E-state index contributed by atoms with van der Waals surface area (Å²) in [5.74, 6) is 0. The van der Waals surface area contributed by atoms with E-state index >= 15 is 0 Å². The molecule has 0 aromatic heterocycles. The number of ether oxygens (including phenoxy) is 3. The van der Waals surface area contributed by atoms with Crippen LogP contribution in [0.5, 0.6) is 0 Å². The first-order valence-corrected chi connectivity index (χ1v) is 3.76. The fourth-order valence-corrected chi connectivity index (χ4v) is 1.46. The number of rotatable bonds is 1. The van der Waals surface area contributed by atoms with E-state index < -0.39 is 6.10 Å². The quantitative estimate of drug-likeness (QED) is 0.526. The summed E-state index contributed by atoms with van der Waals surface area (Å²) in [6, 6.07) is 0. The molecule has 2 rings (SSSR count). The molecule has 0 saturated carbocycles. The molecular formula is C7H12O4. The third-order valence-electron chi connectivity index (χ3n) is 2.23. The average Bonchev–Trinajstić information content (AvgIpc) is 2.76. The fourth-order valence-electron chi connectivity index (χ4n) is 1.46. The van der Waals surface area contributed by atoms with E-state index in [1.54, 1.807) is 7.11 Å². The van der Waals surface area contributed by atoms with E-state index in [1.807, 2.05) is 6.92 Å². The van der Waals surface area contributed by atoms with Gasteiger partial charge in [-0.3, -0.25) is 0 Å². The molecule has 5 atom stereocenters. The Hall–Kier alpha value is -0.160. The van der Waals surface area contributed by atoms with Gasteiger partial charge in [0.05, 0.1) is 6.10 Å². The lowest BCUT2D eigenvalue weighted by atomic mass is 10.1. The van der Waals surface area contributed by atoms with Crippen LogP contribution in [0.4, 0.5) is 0 Å². The predicted octanol–water partition coefficient (Wildman–Crippen LogP) is -0.494. The monoisotopic (exact) mass is 160 g/mol. The standard InChI is InChI=1S/C7H12O4/c1-3-4(8)5-6(11-5)7(9-2)10-3/h3-8H,1-2H3/t3-,4-,5-,6-,7+/m1/s1. The predicted molar refractivity (Wildman–Crippen MR) is 36.0 cm³/mol. The molecule has 2 aliphatic heterocycles.